The van der Waals surface area contributed by atoms with Gasteiger partial charge in [0, 0.05) is 38.5 Å². The molecule has 0 spiro atoms. The van der Waals surface area contributed by atoms with E-state index in [0.29, 0.717) is 25.6 Å². The summed E-state index contributed by atoms with van der Waals surface area (Å²) in [5.74, 6) is 2.82. The zero-order valence-electron chi connectivity index (χ0n) is 18.1. The largest absolute Gasteiger partial charge is 0.454 e. The maximum Gasteiger partial charge on any atom is 0.231 e. The first-order valence-electron chi connectivity index (χ1n) is 11.1. The number of fused-ring (bicyclic) bond motifs is 1. The Bertz CT molecular complexity index is 877. The number of nitrogens with zero attached hydrogens (tertiary/aromatic N) is 2. The number of hydrogen-bond donors (Lipinski definition) is 3. The Hall–Kier alpha value is -2.93. The van der Waals surface area contributed by atoms with Gasteiger partial charge < -0.3 is 30.1 Å². The van der Waals surface area contributed by atoms with Crippen molar-refractivity contribution < 1.29 is 14.6 Å². The lowest BCUT2D eigenvalue weighted by Crippen LogP contribution is -2.36. The summed E-state index contributed by atoms with van der Waals surface area (Å²) in [5, 5.41) is 16.0. The van der Waals surface area contributed by atoms with E-state index in [0.717, 1.165) is 55.5 Å². The van der Waals surface area contributed by atoms with Gasteiger partial charge in [-0.15, -0.1) is 0 Å². The van der Waals surface area contributed by atoms with Crippen LogP contribution >= 0.6 is 0 Å². The molecule has 7 nitrogen and oxygen atoms in total. The maximum atomic E-state index is 9.32. The molecule has 1 fully saturated rings. The SMILES string of the molecule is CCNC(=NCc1ccc2c(c1)OCO2)NCc1ccc(N2CCC(CO)CC2)cc1. The second-order valence-corrected chi connectivity index (χ2v) is 8.02. The molecule has 2 aliphatic rings. The van der Waals surface area contributed by atoms with Crippen molar-refractivity contribution in [1.29, 1.82) is 0 Å². The summed E-state index contributed by atoms with van der Waals surface area (Å²) in [6, 6.07) is 14.6. The van der Waals surface area contributed by atoms with Crippen molar-refractivity contribution >= 4 is 11.6 Å². The Kier molecular flexibility index (Phi) is 7.14. The van der Waals surface area contributed by atoms with E-state index in [1.165, 1.54) is 11.3 Å². The van der Waals surface area contributed by atoms with Gasteiger partial charge in [-0.2, -0.15) is 0 Å². The average molecular weight is 425 g/mol. The predicted octanol–water partition coefficient (Wildman–Crippen LogP) is 2.88. The standard InChI is InChI=1S/C24H32N4O3/c1-2-25-24(27-15-20-5-8-22-23(13-20)31-17-30-22)26-14-18-3-6-21(7-4-18)28-11-9-19(16-29)10-12-28/h3-8,13,19,29H,2,9-12,14-17H2,1H3,(H2,25,26,27). The normalized spacial score (nSPS) is 16.5. The van der Waals surface area contributed by atoms with E-state index in [2.05, 4.69) is 46.7 Å². The number of guanidine groups is 1. The molecule has 3 N–H and O–H groups in total. The van der Waals surface area contributed by atoms with Crippen molar-refractivity contribution in [2.45, 2.75) is 32.9 Å². The van der Waals surface area contributed by atoms with Gasteiger partial charge >= 0.3 is 0 Å². The zero-order valence-corrected chi connectivity index (χ0v) is 18.1. The highest BCUT2D eigenvalue weighted by Crippen LogP contribution is 2.32. The molecule has 2 aromatic rings. The first-order chi connectivity index (χ1) is 15.2. The number of aliphatic hydroxyl groups is 1. The summed E-state index contributed by atoms with van der Waals surface area (Å²) >= 11 is 0. The molecular formula is C24H32N4O3. The minimum Gasteiger partial charge on any atom is -0.454 e. The number of anilines is 1. The number of ether oxygens (including phenoxy) is 2. The number of hydrogen-bond acceptors (Lipinski definition) is 5. The highest BCUT2D eigenvalue weighted by Gasteiger charge is 2.18. The van der Waals surface area contributed by atoms with Gasteiger partial charge in [0.2, 0.25) is 6.79 Å². The van der Waals surface area contributed by atoms with Gasteiger partial charge in [0.05, 0.1) is 6.54 Å². The van der Waals surface area contributed by atoms with Crippen LogP contribution in [0.15, 0.2) is 47.5 Å². The fraction of sp³-hybridized carbons (Fsp3) is 0.458. The van der Waals surface area contributed by atoms with Gasteiger partial charge in [0.15, 0.2) is 17.5 Å². The Morgan fingerprint density at radius 2 is 1.77 bits per heavy atom. The summed E-state index contributed by atoms with van der Waals surface area (Å²) in [4.78, 5) is 7.10. The van der Waals surface area contributed by atoms with E-state index in [4.69, 9.17) is 14.5 Å². The molecule has 0 unspecified atom stereocenters. The van der Waals surface area contributed by atoms with Crippen molar-refractivity contribution in [2.24, 2.45) is 10.9 Å². The van der Waals surface area contributed by atoms with Crippen molar-refractivity contribution in [2.75, 3.05) is 37.9 Å². The minimum atomic E-state index is 0.284. The highest BCUT2D eigenvalue weighted by atomic mass is 16.7. The van der Waals surface area contributed by atoms with E-state index in [1.807, 2.05) is 18.2 Å². The molecule has 0 saturated carbocycles. The Morgan fingerprint density at radius 3 is 2.52 bits per heavy atom. The fourth-order valence-electron chi connectivity index (χ4n) is 3.94. The van der Waals surface area contributed by atoms with Crippen LogP contribution in [0.1, 0.15) is 30.9 Å². The Balaban J connectivity index is 1.31. The number of aliphatic imine (C=N–C) groups is 1. The third-order valence-electron chi connectivity index (χ3n) is 5.84. The molecule has 2 aromatic carbocycles. The summed E-state index contributed by atoms with van der Waals surface area (Å²) in [6.07, 6.45) is 2.12. The van der Waals surface area contributed by atoms with Gasteiger partial charge in [-0.3, -0.25) is 0 Å². The van der Waals surface area contributed by atoms with Crippen molar-refractivity contribution in [3.63, 3.8) is 0 Å². The second-order valence-electron chi connectivity index (χ2n) is 8.02. The van der Waals surface area contributed by atoms with Crippen LogP contribution in [0.4, 0.5) is 5.69 Å². The van der Waals surface area contributed by atoms with Crippen LogP contribution in [0.2, 0.25) is 0 Å². The van der Waals surface area contributed by atoms with Crippen LogP contribution in [0.25, 0.3) is 0 Å². The van der Waals surface area contributed by atoms with Crippen LogP contribution in [0, 0.1) is 5.92 Å². The smallest absolute Gasteiger partial charge is 0.231 e. The Morgan fingerprint density at radius 1 is 1.03 bits per heavy atom. The van der Waals surface area contributed by atoms with Gasteiger partial charge in [0.1, 0.15) is 0 Å². The van der Waals surface area contributed by atoms with E-state index in [-0.39, 0.29) is 6.79 Å². The van der Waals surface area contributed by atoms with Crippen molar-refractivity contribution in [3.05, 3.63) is 53.6 Å². The molecule has 2 aliphatic heterocycles. The van der Waals surface area contributed by atoms with Crippen LogP contribution in [0.5, 0.6) is 11.5 Å². The number of rotatable bonds is 7. The molecule has 0 radical (unpaired) electrons. The highest BCUT2D eigenvalue weighted by molar-refractivity contribution is 5.79. The topological polar surface area (TPSA) is 78.4 Å². The van der Waals surface area contributed by atoms with Crippen molar-refractivity contribution in [1.82, 2.24) is 10.6 Å². The Labute approximate surface area is 184 Å². The lowest BCUT2D eigenvalue weighted by atomic mass is 9.97. The summed E-state index contributed by atoms with van der Waals surface area (Å²) in [5.41, 5.74) is 3.54. The molecule has 1 saturated heterocycles. The predicted molar refractivity (Wildman–Crippen MR) is 123 cm³/mol. The monoisotopic (exact) mass is 424 g/mol. The van der Waals surface area contributed by atoms with Gasteiger partial charge in [-0.25, -0.2) is 4.99 Å². The van der Waals surface area contributed by atoms with Gasteiger partial charge in [-0.1, -0.05) is 18.2 Å². The molecule has 0 bridgehead atoms. The molecule has 0 atom stereocenters. The van der Waals surface area contributed by atoms with Crippen LogP contribution < -0.4 is 25.0 Å². The third kappa shape index (κ3) is 5.61. The van der Waals surface area contributed by atoms with E-state index in [1.54, 1.807) is 0 Å². The van der Waals surface area contributed by atoms with Gasteiger partial charge in [-0.05, 0) is 61.1 Å². The number of nitrogens with one attached hydrogen (secondary N) is 2. The quantitative estimate of drug-likeness (QED) is 0.469. The summed E-state index contributed by atoms with van der Waals surface area (Å²) in [7, 11) is 0. The first-order valence-corrected chi connectivity index (χ1v) is 11.1. The molecule has 0 aliphatic carbocycles. The number of aliphatic hydroxyl groups excluding tert-OH is 1. The molecular weight excluding hydrogens is 392 g/mol. The molecule has 2 heterocycles. The van der Waals surface area contributed by atoms with Gasteiger partial charge in [0.25, 0.3) is 0 Å². The van der Waals surface area contributed by atoms with E-state index in [9.17, 15) is 5.11 Å². The first kappa shape index (κ1) is 21.3. The second kappa shape index (κ2) is 10.4. The van der Waals surface area contributed by atoms with Crippen LogP contribution in [0.3, 0.4) is 0 Å². The molecule has 166 valence electrons. The number of benzene rings is 2. The third-order valence-corrected chi connectivity index (χ3v) is 5.84. The maximum absolute atomic E-state index is 9.32. The molecule has 31 heavy (non-hydrogen) atoms. The minimum absolute atomic E-state index is 0.284. The average Bonchev–Trinajstić information content (AvgIpc) is 3.29. The summed E-state index contributed by atoms with van der Waals surface area (Å²) in [6.45, 7) is 6.76. The number of piperidine rings is 1. The molecule has 4 rings (SSSR count). The van der Waals surface area contributed by atoms with Crippen LogP contribution in [-0.2, 0) is 13.1 Å². The molecule has 0 amide bonds. The molecule has 0 aromatic heterocycles. The lowest BCUT2D eigenvalue weighted by molar-refractivity contribution is 0.174. The molecule has 7 heteroatoms. The van der Waals surface area contributed by atoms with Crippen molar-refractivity contribution in [3.8, 4) is 11.5 Å². The van der Waals surface area contributed by atoms with E-state index >= 15 is 0 Å². The van der Waals surface area contributed by atoms with E-state index < -0.39 is 0 Å². The lowest BCUT2D eigenvalue weighted by Gasteiger charge is -2.33. The van der Waals surface area contributed by atoms with Crippen LogP contribution in [-0.4, -0.2) is 44.1 Å². The summed E-state index contributed by atoms with van der Waals surface area (Å²) < 4.78 is 10.8. The zero-order chi connectivity index (χ0) is 21.5. The fourth-order valence-corrected chi connectivity index (χ4v) is 3.94.